The average Bonchev–Trinajstić information content (AvgIpc) is 2.64. The van der Waals surface area contributed by atoms with Crippen LogP contribution in [0, 0.1) is 17.8 Å². The van der Waals surface area contributed by atoms with Crippen molar-refractivity contribution in [3.05, 3.63) is 12.2 Å². The summed E-state index contributed by atoms with van der Waals surface area (Å²) in [7, 11) is 1.83. The molecule has 68 valence electrons. The lowest BCUT2D eigenvalue weighted by Gasteiger charge is -2.34. The van der Waals surface area contributed by atoms with Gasteiger partial charge in [0.15, 0.2) is 0 Å². The first-order chi connectivity index (χ1) is 5.63. The van der Waals surface area contributed by atoms with Crippen molar-refractivity contribution in [3.63, 3.8) is 0 Å². The van der Waals surface area contributed by atoms with E-state index in [-0.39, 0.29) is 5.60 Å². The molecule has 0 radical (unpaired) electrons. The second kappa shape index (κ2) is 2.59. The summed E-state index contributed by atoms with van der Waals surface area (Å²) < 4.78 is 5.54. The van der Waals surface area contributed by atoms with Crippen LogP contribution in [-0.4, -0.2) is 12.7 Å². The van der Waals surface area contributed by atoms with Gasteiger partial charge in [-0.3, -0.25) is 0 Å². The van der Waals surface area contributed by atoms with E-state index in [2.05, 4.69) is 26.0 Å². The molecular weight excluding hydrogens is 148 g/mol. The van der Waals surface area contributed by atoms with Crippen LogP contribution >= 0.6 is 0 Å². The van der Waals surface area contributed by atoms with Crippen molar-refractivity contribution < 1.29 is 4.74 Å². The fourth-order valence-corrected chi connectivity index (χ4v) is 2.73. The normalized spacial score (nSPS) is 39.4. The monoisotopic (exact) mass is 166 g/mol. The Labute approximate surface area is 74.8 Å². The van der Waals surface area contributed by atoms with Gasteiger partial charge >= 0.3 is 0 Å². The minimum Gasteiger partial charge on any atom is -0.379 e. The van der Waals surface area contributed by atoms with Crippen molar-refractivity contribution in [1.29, 1.82) is 0 Å². The summed E-state index contributed by atoms with van der Waals surface area (Å²) in [5.41, 5.74) is 0.0736. The smallest absolute Gasteiger partial charge is 0.0656 e. The average molecular weight is 166 g/mol. The minimum atomic E-state index is 0.0736. The van der Waals surface area contributed by atoms with Crippen LogP contribution in [0.1, 0.15) is 26.7 Å². The van der Waals surface area contributed by atoms with E-state index in [1.807, 2.05) is 7.11 Å². The van der Waals surface area contributed by atoms with Crippen LogP contribution in [0.4, 0.5) is 0 Å². The van der Waals surface area contributed by atoms with Gasteiger partial charge in [-0.15, -0.1) is 0 Å². The highest BCUT2D eigenvalue weighted by molar-refractivity contribution is 5.12. The summed E-state index contributed by atoms with van der Waals surface area (Å²) in [6.45, 7) is 4.43. The van der Waals surface area contributed by atoms with Crippen LogP contribution in [0.5, 0.6) is 0 Å². The molecule has 0 N–H and O–H groups in total. The number of fused-ring (bicyclic) bond motifs is 2. The summed E-state index contributed by atoms with van der Waals surface area (Å²) in [5, 5.41) is 0. The highest BCUT2D eigenvalue weighted by atomic mass is 16.5. The molecule has 2 aliphatic rings. The van der Waals surface area contributed by atoms with Gasteiger partial charge in [0.2, 0.25) is 0 Å². The largest absolute Gasteiger partial charge is 0.379 e. The quantitative estimate of drug-likeness (QED) is 0.573. The Morgan fingerprint density at radius 2 is 2.00 bits per heavy atom. The third-order valence-electron chi connectivity index (χ3n) is 3.70. The van der Waals surface area contributed by atoms with Crippen molar-refractivity contribution in [2.24, 2.45) is 17.8 Å². The Morgan fingerprint density at radius 1 is 1.25 bits per heavy atom. The number of methoxy groups -OCH3 is 1. The zero-order valence-electron chi connectivity index (χ0n) is 8.21. The molecule has 0 aromatic carbocycles. The molecule has 2 bridgehead atoms. The van der Waals surface area contributed by atoms with Crippen LogP contribution in [-0.2, 0) is 4.74 Å². The summed E-state index contributed by atoms with van der Waals surface area (Å²) in [4.78, 5) is 0. The lowest BCUT2D eigenvalue weighted by Crippen LogP contribution is -2.35. The van der Waals surface area contributed by atoms with Crippen LogP contribution in [0.25, 0.3) is 0 Å². The second-order valence-electron chi connectivity index (χ2n) is 4.69. The van der Waals surface area contributed by atoms with Gasteiger partial charge in [0.05, 0.1) is 5.60 Å². The molecular formula is C11H18O. The molecule has 2 rings (SSSR count). The van der Waals surface area contributed by atoms with Crippen molar-refractivity contribution in [3.8, 4) is 0 Å². The highest BCUT2D eigenvalue weighted by Crippen LogP contribution is 2.48. The van der Waals surface area contributed by atoms with E-state index in [1.54, 1.807) is 0 Å². The molecule has 3 unspecified atom stereocenters. The van der Waals surface area contributed by atoms with Crippen LogP contribution in [0.2, 0.25) is 0 Å². The molecule has 2 aliphatic carbocycles. The Hall–Kier alpha value is -0.300. The summed E-state index contributed by atoms with van der Waals surface area (Å²) in [5.74, 6) is 2.40. The Morgan fingerprint density at radius 3 is 2.42 bits per heavy atom. The maximum absolute atomic E-state index is 5.54. The molecule has 1 saturated carbocycles. The Kier molecular flexibility index (Phi) is 1.80. The predicted molar refractivity (Wildman–Crippen MR) is 49.9 cm³/mol. The number of rotatable bonds is 2. The number of allylic oxidation sites excluding steroid dienone is 2. The molecule has 1 fully saturated rings. The first kappa shape index (κ1) is 8.31. The first-order valence-corrected chi connectivity index (χ1v) is 4.87. The standard InChI is InChI=1S/C11H18O/c1-11(2,12-3)10-7-8-4-5-9(10)6-8/h4-5,8-10H,6-7H2,1-3H3. The number of hydrogen-bond donors (Lipinski definition) is 0. The molecule has 0 amide bonds. The summed E-state index contributed by atoms with van der Waals surface area (Å²) in [6.07, 6.45) is 7.48. The van der Waals surface area contributed by atoms with Gasteiger partial charge in [0, 0.05) is 7.11 Å². The van der Waals surface area contributed by atoms with E-state index in [0.717, 1.165) is 17.8 Å². The summed E-state index contributed by atoms with van der Waals surface area (Å²) in [6, 6.07) is 0. The molecule has 0 saturated heterocycles. The molecule has 0 aromatic rings. The lowest BCUT2D eigenvalue weighted by molar-refractivity contribution is -0.0366. The SMILES string of the molecule is COC(C)(C)C1CC2C=CC1C2. The first-order valence-electron chi connectivity index (χ1n) is 4.87. The van der Waals surface area contributed by atoms with Crippen LogP contribution in [0.3, 0.4) is 0 Å². The maximum Gasteiger partial charge on any atom is 0.0656 e. The van der Waals surface area contributed by atoms with Crippen LogP contribution < -0.4 is 0 Å². The predicted octanol–water partition coefficient (Wildman–Crippen LogP) is 2.62. The van der Waals surface area contributed by atoms with Gasteiger partial charge in [0.25, 0.3) is 0 Å². The van der Waals surface area contributed by atoms with Gasteiger partial charge in [-0.1, -0.05) is 12.2 Å². The molecule has 12 heavy (non-hydrogen) atoms. The molecule has 1 nitrogen and oxygen atoms in total. The third kappa shape index (κ3) is 1.11. The molecule has 1 heteroatoms. The molecule has 0 spiro atoms. The van der Waals surface area contributed by atoms with Gasteiger partial charge in [-0.05, 0) is 44.4 Å². The van der Waals surface area contributed by atoms with E-state index in [9.17, 15) is 0 Å². The van der Waals surface area contributed by atoms with Gasteiger partial charge in [-0.2, -0.15) is 0 Å². The molecule has 0 aliphatic heterocycles. The Bertz CT molecular complexity index is 205. The highest BCUT2D eigenvalue weighted by Gasteiger charge is 2.43. The van der Waals surface area contributed by atoms with E-state index in [4.69, 9.17) is 4.74 Å². The van der Waals surface area contributed by atoms with Crippen LogP contribution in [0.15, 0.2) is 12.2 Å². The molecule has 0 aromatic heterocycles. The van der Waals surface area contributed by atoms with E-state index < -0.39 is 0 Å². The molecule has 0 heterocycles. The lowest BCUT2D eigenvalue weighted by atomic mass is 9.81. The Balaban J connectivity index is 2.12. The van der Waals surface area contributed by atoms with Gasteiger partial charge in [0.1, 0.15) is 0 Å². The fourth-order valence-electron chi connectivity index (χ4n) is 2.73. The zero-order valence-corrected chi connectivity index (χ0v) is 8.21. The van der Waals surface area contributed by atoms with Crippen molar-refractivity contribution >= 4 is 0 Å². The fraction of sp³-hybridized carbons (Fsp3) is 0.818. The molecule has 3 atom stereocenters. The van der Waals surface area contributed by atoms with E-state index in [1.165, 1.54) is 12.8 Å². The number of hydrogen-bond acceptors (Lipinski definition) is 1. The second-order valence-corrected chi connectivity index (χ2v) is 4.69. The van der Waals surface area contributed by atoms with E-state index >= 15 is 0 Å². The van der Waals surface area contributed by atoms with Gasteiger partial charge < -0.3 is 4.74 Å². The maximum atomic E-state index is 5.54. The van der Waals surface area contributed by atoms with Crippen molar-refractivity contribution in [1.82, 2.24) is 0 Å². The summed E-state index contributed by atoms with van der Waals surface area (Å²) >= 11 is 0. The number of ether oxygens (including phenoxy) is 1. The topological polar surface area (TPSA) is 9.23 Å². The van der Waals surface area contributed by atoms with Crippen molar-refractivity contribution in [2.45, 2.75) is 32.3 Å². The third-order valence-corrected chi connectivity index (χ3v) is 3.70. The van der Waals surface area contributed by atoms with Crippen molar-refractivity contribution in [2.75, 3.05) is 7.11 Å². The van der Waals surface area contributed by atoms with E-state index in [0.29, 0.717) is 0 Å². The van der Waals surface area contributed by atoms with Gasteiger partial charge in [-0.25, -0.2) is 0 Å². The minimum absolute atomic E-state index is 0.0736. The zero-order chi connectivity index (χ0) is 8.77.